The molecule has 0 aliphatic rings. The first kappa shape index (κ1) is 13.3. The van der Waals surface area contributed by atoms with Gasteiger partial charge in [-0.05, 0) is 30.7 Å². The van der Waals surface area contributed by atoms with Crippen LogP contribution in [-0.4, -0.2) is 12.1 Å². The number of carbonyl (C=O) groups is 1. The number of ether oxygens (including phenoxy) is 1. The summed E-state index contributed by atoms with van der Waals surface area (Å²) in [5.41, 5.74) is 0.362. The van der Waals surface area contributed by atoms with Gasteiger partial charge in [0.15, 0.2) is 5.78 Å². The summed E-state index contributed by atoms with van der Waals surface area (Å²) in [5.74, 6) is -0.471. The molecule has 5 heteroatoms. The van der Waals surface area contributed by atoms with Gasteiger partial charge in [0, 0.05) is 12.0 Å². The quantitative estimate of drug-likeness (QED) is 0.582. The minimum Gasteiger partial charge on any atom is -0.406 e. The van der Waals surface area contributed by atoms with Crippen LogP contribution < -0.4 is 4.74 Å². The van der Waals surface area contributed by atoms with Crippen LogP contribution in [0.3, 0.4) is 0 Å². The lowest BCUT2D eigenvalue weighted by Gasteiger charge is -2.08. The van der Waals surface area contributed by atoms with E-state index in [1.165, 1.54) is 12.1 Å². The Kier molecular flexibility index (Phi) is 4.31. The maximum Gasteiger partial charge on any atom is 0.573 e. The van der Waals surface area contributed by atoms with Crippen LogP contribution in [0.5, 0.6) is 5.75 Å². The first-order valence-electron chi connectivity index (χ1n) is 4.92. The van der Waals surface area contributed by atoms with Gasteiger partial charge in [0.25, 0.3) is 0 Å². The number of rotatable bonds is 5. The van der Waals surface area contributed by atoms with Crippen molar-refractivity contribution in [3.05, 3.63) is 42.5 Å². The largest absolute Gasteiger partial charge is 0.573 e. The van der Waals surface area contributed by atoms with Crippen LogP contribution in [0.1, 0.15) is 23.2 Å². The molecule has 0 fully saturated rings. The second kappa shape index (κ2) is 5.52. The lowest BCUT2D eigenvalue weighted by molar-refractivity contribution is -0.274. The van der Waals surface area contributed by atoms with E-state index in [-0.39, 0.29) is 11.5 Å². The van der Waals surface area contributed by atoms with E-state index in [0.29, 0.717) is 18.4 Å². The van der Waals surface area contributed by atoms with Gasteiger partial charge in [-0.15, -0.1) is 19.8 Å². The Morgan fingerprint density at radius 3 is 2.35 bits per heavy atom. The molecule has 92 valence electrons. The molecule has 0 atom stereocenters. The Hall–Kier alpha value is -1.78. The molecule has 0 bridgehead atoms. The zero-order valence-corrected chi connectivity index (χ0v) is 8.96. The summed E-state index contributed by atoms with van der Waals surface area (Å²) >= 11 is 0. The lowest BCUT2D eigenvalue weighted by atomic mass is 10.1. The van der Waals surface area contributed by atoms with Gasteiger partial charge in [0.2, 0.25) is 0 Å². The van der Waals surface area contributed by atoms with Crippen molar-refractivity contribution in [2.75, 3.05) is 0 Å². The average Bonchev–Trinajstić information content (AvgIpc) is 2.24. The molecule has 1 aromatic rings. The van der Waals surface area contributed by atoms with Crippen molar-refractivity contribution in [1.82, 2.24) is 0 Å². The van der Waals surface area contributed by atoms with E-state index in [0.717, 1.165) is 12.1 Å². The smallest absolute Gasteiger partial charge is 0.406 e. The first-order chi connectivity index (χ1) is 7.92. The fraction of sp³-hybridized carbons (Fsp3) is 0.250. The summed E-state index contributed by atoms with van der Waals surface area (Å²) in [5, 5.41) is 0. The number of benzene rings is 1. The van der Waals surface area contributed by atoms with Gasteiger partial charge in [-0.3, -0.25) is 4.79 Å². The predicted molar refractivity (Wildman–Crippen MR) is 56.9 cm³/mol. The third-order valence-electron chi connectivity index (χ3n) is 1.99. The Labute approximate surface area is 96.7 Å². The number of allylic oxidation sites excluding steroid dienone is 1. The van der Waals surface area contributed by atoms with Gasteiger partial charge in [-0.25, -0.2) is 0 Å². The number of hydrogen-bond donors (Lipinski definition) is 0. The van der Waals surface area contributed by atoms with E-state index in [4.69, 9.17) is 0 Å². The molecule has 0 heterocycles. The molecule has 0 amide bonds. The number of carbonyl (C=O) groups excluding carboxylic acids is 1. The molecule has 0 unspecified atom stereocenters. The number of alkyl halides is 3. The van der Waals surface area contributed by atoms with Crippen molar-refractivity contribution in [3.63, 3.8) is 0 Å². The molecule has 2 nitrogen and oxygen atoms in total. The molecule has 0 saturated carbocycles. The Morgan fingerprint density at radius 2 is 1.88 bits per heavy atom. The lowest BCUT2D eigenvalue weighted by Crippen LogP contribution is -2.17. The molecule has 1 rings (SSSR count). The summed E-state index contributed by atoms with van der Waals surface area (Å²) in [6.45, 7) is 3.48. The van der Waals surface area contributed by atoms with Crippen molar-refractivity contribution in [1.29, 1.82) is 0 Å². The maximum absolute atomic E-state index is 11.9. The SMILES string of the molecule is C=CCCC(=O)c1ccc(OC(F)(F)F)cc1. The Balaban J connectivity index is 2.67. The Morgan fingerprint density at radius 1 is 1.29 bits per heavy atom. The number of ketones is 1. The van der Waals surface area contributed by atoms with E-state index in [1.54, 1.807) is 6.08 Å². The van der Waals surface area contributed by atoms with E-state index in [2.05, 4.69) is 11.3 Å². The van der Waals surface area contributed by atoms with Crippen LogP contribution in [0.25, 0.3) is 0 Å². The van der Waals surface area contributed by atoms with Crippen molar-refractivity contribution in [2.24, 2.45) is 0 Å². The van der Waals surface area contributed by atoms with E-state index < -0.39 is 6.36 Å². The summed E-state index contributed by atoms with van der Waals surface area (Å²) in [6, 6.07) is 4.86. The third kappa shape index (κ3) is 4.72. The fourth-order valence-corrected chi connectivity index (χ4v) is 1.22. The van der Waals surface area contributed by atoms with Gasteiger partial charge in [0.05, 0.1) is 0 Å². The first-order valence-corrected chi connectivity index (χ1v) is 4.92. The van der Waals surface area contributed by atoms with Crippen molar-refractivity contribution in [2.45, 2.75) is 19.2 Å². The van der Waals surface area contributed by atoms with Gasteiger partial charge < -0.3 is 4.74 Å². The number of hydrogen-bond acceptors (Lipinski definition) is 2. The number of halogens is 3. The van der Waals surface area contributed by atoms with Gasteiger partial charge in [-0.1, -0.05) is 6.08 Å². The minimum atomic E-state index is -4.71. The van der Waals surface area contributed by atoms with Crippen LogP contribution >= 0.6 is 0 Å². The molecule has 0 aliphatic heterocycles. The fourth-order valence-electron chi connectivity index (χ4n) is 1.22. The molecule has 0 N–H and O–H groups in total. The maximum atomic E-state index is 11.9. The standard InChI is InChI=1S/C12H11F3O2/c1-2-3-4-11(16)9-5-7-10(8-6-9)17-12(13,14)15/h2,5-8H,1,3-4H2. The van der Waals surface area contributed by atoms with Crippen LogP contribution in [0, 0.1) is 0 Å². The second-order valence-corrected chi connectivity index (χ2v) is 3.32. The van der Waals surface area contributed by atoms with Crippen LogP contribution in [0.4, 0.5) is 13.2 Å². The highest BCUT2D eigenvalue weighted by atomic mass is 19.4. The normalized spacial score (nSPS) is 11.0. The Bertz CT molecular complexity index is 393. The van der Waals surface area contributed by atoms with E-state index in [9.17, 15) is 18.0 Å². The van der Waals surface area contributed by atoms with Crippen LogP contribution in [0.15, 0.2) is 36.9 Å². The third-order valence-corrected chi connectivity index (χ3v) is 1.99. The molecular weight excluding hydrogens is 233 g/mol. The topological polar surface area (TPSA) is 26.3 Å². The molecule has 0 spiro atoms. The van der Waals surface area contributed by atoms with Gasteiger partial charge in [0.1, 0.15) is 5.75 Å². The zero-order valence-electron chi connectivity index (χ0n) is 8.96. The van der Waals surface area contributed by atoms with Crippen molar-refractivity contribution < 1.29 is 22.7 Å². The minimum absolute atomic E-state index is 0.136. The van der Waals surface area contributed by atoms with Gasteiger partial charge in [-0.2, -0.15) is 0 Å². The summed E-state index contributed by atoms with van der Waals surface area (Å²) in [4.78, 5) is 11.5. The molecule has 17 heavy (non-hydrogen) atoms. The zero-order chi connectivity index (χ0) is 12.9. The molecule has 0 radical (unpaired) electrons. The highest BCUT2D eigenvalue weighted by Gasteiger charge is 2.30. The molecular formula is C12H11F3O2. The predicted octanol–water partition coefficient (Wildman–Crippen LogP) is 3.73. The second-order valence-electron chi connectivity index (χ2n) is 3.32. The molecule has 0 aliphatic carbocycles. The summed E-state index contributed by atoms with van der Waals surface area (Å²) in [7, 11) is 0. The van der Waals surface area contributed by atoms with Gasteiger partial charge >= 0.3 is 6.36 Å². The monoisotopic (exact) mass is 244 g/mol. The highest BCUT2D eigenvalue weighted by molar-refractivity contribution is 5.96. The number of Topliss-reactive ketones (excluding diaryl/α,β-unsaturated/α-hetero) is 1. The van der Waals surface area contributed by atoms with E-state index in [1.807, 2.05) is 0 Å². The van der Waals surface area contributed by atoms with Crippen LogP contribution in [0.2, 0.25) is 0 Å². The molecule has 1 aromatic carbocycles. The highest BCUT2D eigenvalue weighted by Crippen LogP contribution is 2.23. The summed E-state index contributed by atoms with van der Waals surface area (Å²) in [6.07, 6.45) is -2.27. The van der Waals surface area contributed by atoms with Crippen LogP contribution in [-0.2, 0) is 0 Å². The van der Waals surface area contributed by atoms with Crippen molar-refractivity contribution >= 4 is 5.78 Å². The summed E-state index contributed by atoms with van der Waals surface area (Å²) < 4.78 is 39.3. The molecule has 0 aromatic heterocycles. The van der Waals surface area contributed by atoms with E-state index >= 15 is 0 Å². The van der Waals surface area contributed by atoms with Crippen molar-refractivity contribution in [3.8, 4) is 5.75 Å². The average molecular weight is 244 g/mol. The molecule has 0 saturated heterocycles.